The lowest BCUT2D eigenvalue weighted by atomic mass is 10.1. The highest BCUT2D eigenvalue weighted by atomic mass is 16.2. The first-order valence-corrected chi connectivity index (χ1v) is 4.32. The van der Waals surface area contributed by atoms with Crippen molar-refractivity contribution >= 4 is 5.78 Å². The molecule has 1 N–H and O–H groups in total. The average molecular weight is 168 g/mol. The van der Waals surface area contributed by atoms with E-state index in [2.05, 4.69) is 11.8 Å². The summed E-state index contributed by atoms with van der Waals surface area (Å²) in [6, 6.07) is 0. The lowest BCUT2D eigenvalue weighted by molar-refractivity contribution is -0.116. The van der Waals surface area contributed by atoms with Crippen LogP contribution in [0.25, 0.3) is 0 Å². The molecule has 0 amide bonds. The van der Waals surface area contributed by atoms with Gasteiger partial charge in [-0.2, -0.15) is 0 Å². The van der Waals surface area contributed by atoms with Crippen molar-refractivity contribution in [1.29, 1.82) is 0 Å². The van der Waals surface area contributed by atoms with Crippen molar-refractivity contribution in [1.82, 2.24) is 0 Å². The molecule has 2 nitrogen and oxygen atoms in total. The Kier molecular flexibility index (Phi) is 6.41. The van der Waals surface area contributed by atoms with E-state index in [-0.39, 0.29) is 18.3 Å². The van der Waals surface area contributed by atoms with Gasteiger partial charge >= 0.3 is 0 Å². The van der Waals surface area contributed by atoms with Crippen molar-refractivity contribution < 1.29 is 9.90 Å². The maximum Gasteiger partial charge on any atom is 0.207 e. The Morgan fingerprint density at radius 1 is 1.42 bits per heavy atom. The fourth-order valence-corrected chi connectivity index (χ4v) is 0.619. The summed E-state index contributed by atoms with van der Waals surface area (Å²) in [7, 11) is 0. The quantitative estimate of drug-likeness (QED) is 0.391. The Labute approximate surface area is 74.0 Å². The molecule has 0 aliphatic heterocycles. The highest BCUT2D eigenvalue weighted by Crippen LogP contribution is 1.94. The first-order valence-electron chi connectivity index (χ1n) is 4.32. The van der Waals surface area contributed by atoms with Gasteiger partial charge in [0.2, 0.25) is 5.78 Å². The Bertz CT molecular complexity index is 184. The zero-order valence-corrected chi connectivity index (χ0v) is 7.76. The highest BCUT2D eigenvalue weighted by Gasteiger charge is 2.00. The normalized spacial score (nSPS) is 9.33. The molecule has 0 unspecified atom stereocenters. The molecule has 0 aromatic carbocycles. The second kappa shape index (κ2) is 6.87. The molecule has 0 rings (SSSR count). The smallest absolute Gasteiger partial charge is 0.207 e. The largest absolute Gasteiger partial charge is 0.396 e. The maximum absolute atomic E-state index is 11.0. The fourth-order valence-electron chi connectivity index (χ4n) is 0.619. The molecule has 0 spiro atoms. The highest BCUT2D eigenvalue weighted by molar-refractivity contribution is 5.96. The van der Waals surface area contributed by atoms with E-state index in [0.29, 0.717) is 6.42 Å². The van der Waals surface area contributed by atoms with Crippen LogP contribution in [0.2, 0.25) is 0 Å². The molecular formula is C10H16O2. The van der Waals surface area contributed by atoms with Crippen LogP contribution in [0.1, 0.15) is 33.1 Å². The third-order valence-electron chi connectivity index (χ3n) is 1.45. The standard InChI is InChI=1S/C10H16O2/c1-9(2)10(12)7-5-3-4-6-8-11/h9,11H,3-4,6,8H2,1-2H3. The molecule has 0 aliphatic carbocycles. The molecule has 0 atom stereocenters. The SMILES string of the molecule is CC(C)C(=O)C#CCCCCO. The number of ketones is 1. The van der Waals surface area contributed by atoms with Gasteiger partial charge in [-0.3, -0.25) is 4.79 Å². The number of unbranched alkanes of at least 4 members (excludes halogenated alkanes) is 2. The van der Waals surface area contributed by atoms with Crippen LogP contribution in [-0.2, 0) is 4.79 Å². The predicted molar refractivity (Wildman–Crippen MR) is 48.6 cm³/mol. The van der Waals surface area contributed by atoms with E-state index in [1.807, 2.05) is 13.8 Å². The van der Waals surface area contributed by atoms with Gasteiger partial charge in [-0.1, -0.05) is 19.8 Å². The molecule has 0 saturated carbocycles. The van der Waals surface area contributed by atoms with E-state index in [1.165, 1.54) is 0 Å². The summed E-state index contributed by atoms with van der Waals surface area (Å²) in [5, 5.41) is 8.45. The van der Waals surface area contributed by atoms with E-state index in [1.54, 1.807) is 0 Å². The van der Waals surface area contributed by atoms with E-state index >= 15 is 0 Å². The van der Waals surface area contributed by atoms with E-state index in [4.69, 9.17) is 5.11 Å². The molecule has 0 heterocycles. The minimum atomic E-state index is -0.000927. The van der Waals surface area contributed by atoms with Crippen LogP contribution in [0, 0.1) is 17.8 Å². The number of carbonyl (C=O) groups is 1. The molecule has 2 heteroatoms. The monoisotopic (exact) mass is 168 g/mol. The summed E-state index contributed by atoms with van der Waals surface area (Å²) >= 11 is 0. The van der Waals surface area contributed by atoms with Crippen molar-refractivity contribution in [2.45, 2.75) is 33.1 Å². The molecule has 0 bridgehead atoms. The molecular weight excluding hydrogens is 152 g/mol. The lowest BCUT2D eigenvalue weighted by Crippen LogP contribution is -2.02. The average Bonchev–Trinajstić information content (AvgIpc) is 2.03. The number of hydrogen-bond acceptors (Lipinski definition) is 2. The third kappa shape index (κ3) is 5.94. The van der Waals surface area contributed by atoms with Gasteiger partial charge < -0.3 is 5.11 Å². The van der Waals surface area contributed by atoms with E-state index in [9.17, 15) is 4.79 Å². The summed E-state index contributed by atoms with van der Waals surface area (Å²) in [6.07, 6.45) is 2.35. The molecule has 68 valence electrons. The zero-order chi connectivity index (χ0) is 9.40. The predicted octanol–water partition coefficient (Wildman–Crippen LogP) is 1.38. The minimum Gasteiger partial charge on any atom is -0.396 e. The number of carbonyl (C=O) groups excluding carboxylic acids is 1. The van der Waals surface area contributed by atoms with Gasteiger partial charge in [0.05, 0.1) is 0 Å². The van der Waals surface area contributed by atoms with Crippen LogP contribution in [0.4, 0.5) is 0 Å². The van der Waals surface area contributed by atoms with Crippen molar-refractivity contribution in [3.8, 4) is 11.8 Å². The molecule has 0 aromatic heterocycles. The summed E-state index contributed by atoms with van der Waals surface area (Å²) in [6.45, 7) is 3.88. The Morgan fingerprint density at radius 3 is 2.58 bits per heavy atom. The van der Waals surface area contributed by atoms with Gasteiger partial charge in [0, 0.05) is 18.9 Å². The molecule has 0 aliphatic rings. The first-order chi connectivity index (χ1) is 5.68. The van der Waals surface area contributed by atoms with Crippen molar-refractivity contribution in [2.75, 3.05) is 6.61 Å². The van der Waals surface area contributed by atoms with Gasteiger partial charge in [0.15, 0.2) is 0 Å². The Hall–Kier alpha value is -0.810. The van der Waals surface area contributed by atoms with E-state index in [0.717, 1.165) is 12.8 Å². The molecule has 0 aromatic rings. The maximum atomic E-state index is 11.0. The number of rotatable bonds is 4. The fraction of sp³-hybridized carbons (Fsp3) is 0.700. The van der Waals surface area contributed by atoms with Crippen LogP contribution in [0.15, 0.2) is 0 Å². The van der Waals surface area contributed by atoms with Crippen LogP contribution < -0.4 is 0 Å². The summed E-state index contributed by atoms with van der Waals surface area (Å²) in [5.41, 5.74) is 0. The Balaban J connectivity index is 3.52. The molecule has 12 heavy (non-hydrogen) atoms. The third-order valence-corrected chi connectivity index (χ3v) is 1.45. The Morgan fingerprint density at radius 2 is 2.08 bits per heavy atom. The van der Waals surface area contributed by atoms with Crippen LogP contribution in [0.5, 0.6) is 0 Å². The molecule has 0 fully saturated rings. The number of aliphatic hydroxyl groups excluding tert-OH is 1. The van der Waals surface area contributed by atoms with Gasteiger partial charge in [-0.25, -0.2) is 0 Å². The van der Waals surface area contributed by atoms with Crippen molar-refractivity contribution in [2.24, 2.45) is 5.92 Å². The van der Waals surface area contributed by atoms with Gasteiger partial charge in [-0.15, -0.1) is 0 Å². The van der Waals surface area contributed by atoms with E-state index < -0.39 is 0 Å². The summed E-state index contributed by atoms with van der Waals surface area (Å²) in [4.78, 5) is 11.0. The van der Waals surface area contributed by atoms with Gasteiger partial charge in [-0.05, 0) is 18.8 Å². The van der Waals surface area contributed by atoms with Gasteiger partial charge in [0.25, 0.3) is 0 Å². The number of Topliss-reactive ketones (excluding diaryl/α,β-unsaturated/α-hetero) is 1. The van der Waals surface area contributed by atoms with Crippen LogP contribution in [0.3, 0.4) is 0 Å². The second-order valence-electron chi connectivity index (χ2n) is 3.00. The van der Waals surface area contributed by atoms with Crippen molar-refractivity contribution in [3.63, 3.8) is 0 Å². The summed E-state index contributed by atoms with van der Waals surface area (Å²) in [5.74, 6) is 5.37. The number of hydrogen-bond donors (Lipinski definition) is 1. The first kappa shape index (κ1) is 11.2. The topological polar surface area (TPSA) is 37.3 Å². The lowest BCUT2D eigenvalue weighted by Gasteiger charge is -1.92. The summed E-state index contributed by atoms with van der Waals surface area (Å²) < 4.78 is 0. The molecule has 0 saturated heterocycles. The van der Waals surface area contributed by atoms with Gasteiger partial charge in [0.1, 0.15) is 0 Å². The van der Waals surface area contributed by atoms with Crippen LogP contribution in [-0.4, -0.2) is 17.5 Å². The zero-order valence-electron chi connectivity index (χ0n) is 7.76. The number of aliphatic hydroxyl groups is 1. The van der Waals surface area contributed by atoms with Crippen LogP contribution >= 0.6 is 0 Å². The second-order valence-corrected chi connectivity index (χ2v) is 3.00. The molecule has 0 radical (unpaired) electrons. The van der Waals surface area contributed by atoms with Crippen molar-refractivity contribution in [3.05, 3.63) is 0 Å². The minimum absolute atomic E-state index is 0.000927.